The topological polar surface area (TPSA) is 87.0 Å². The summed E-state index contributed by atoms with van der Waals surface area (Å²) in [6.45, 7) is 8.83. The maximum absolute atomic E-state index is 13.2. The van der Waals surface area contributed by atoms with Crippen molar-refractivity contribution < 1.29 is 9.53 Å². The second-order valence-electron chi connectivity index (χ2n) is 7.84. The number of urea groups is 1. The zero-order valence-corrected chi connectivity index (χ0v) is 17.9. The standard InChI is InChI=1S/C22H27N7O2/c1-3-31-20-14-29-16(12-15(2)26-29)13-18(20)25-22(30)28-9-5-17-19(4-6-24-21(17)28)27-10-7-23-8-11-27/h4,6,12-14,23H,3,5,7-11H2,1-2H3,(H,25,30). The van der Waals surface area contributed by atoms with Gasteiger partial charge in [-0.25, -0.2) is 14.3 Å². The monoisotopic (exact) mass is 421 g/mol. The van der Waals surface area contributed by atoms with E-state index in [1.165, 1.54) is 5.69 Å². The molecular weight excluding hydrogens is 394 g/mol. The summed E-state index contributed by atoms with van der Waals surface area (Å²) in [5, 5.41) is 10.9. The van der Waals surface area contributed by atoms with Gasteiger partial charge in [0.15, 0.2) is 5.75 Å². The Balaban J connectivity index is 1.42. The largest absolute Gasteiger partial charge is 0.490 e. The van der Waals surface area contributed by atoms with Gasteiger partial charge in [-0.3, -0.25) is 4.90 Å². The van der Waals surface area contributed by atoms with Gasteiger partial charge in [-0.05, 0) is 38.5 Å². The number of carbonyl (C=O) groups excluding carboxylic acids is 1. The molecule has 2 N–H and O–H groups in total. The number of pyridine rings is 2. The van der Waals surface area contributed by atoms with Gasteiger partial charge < -0.3 is 20.3 Å². The molecule has 0 unspecified atom stereocenters. The van der Waals surface area contributed by atoms with Gasteiger partial charge in [-0.2, -0.15) is 5.10 Å². The van der Waals surface area contributed by atoms with Crippen molar-refractivity contribution in [1.82, 2.24) is 19.9 Å². The molecule has 2 amide bonds. The van der Waals surface area contributed by atoms with Crippen LogP contribution in [-0.2, 0) is 6.42 Å². The first kappa shape index (κ1) is 19.6. The van der Waals surface area contributed by atoms with E-state index in [0.717, 1.165) is 55.2 Å². The van der Waals surface area contributed by atoms with Gasteiger partial charge in [-0.1, -0.05) is 0 Å². The van der Waals surface area contributed by atoms with Crippen molar-refractivity contribution in [3.8, 4) is 5.75 Å². The average molecular weight is 422 g/mol. The quantitative estimate of drug-likeness (QED) is 0.673. The fourth-order valence-corrected chi connectivity index (χ4v) is 4.37. The summed E-state index contributed by atoms with van der Waals surface area (Å²) in [6, 6.07) is 5.72. The van der Waals surface area contributed by atoms with Gasteiger partial charge in [0.05, 0.1) is 29.7 Å². The lowest BCUT2D eigenvalue weighted by molar-refractivity contribution is 0.257. The van der Waals surface area contributed by atoms with E-state index in [0.29, 0.717) is 24.6 Å². The smallest absolute Gasteiger partial charge is 0.327 e. The molecule has 1 fully saturated rings. The lowest BCUT2D eigenvalue weighted by Gasteiger charge is -2.31. The summed E-state index contributed by atoms with van der Waals surface area (Å²) in [6.07, 6.45) is 4.41. The predicted octanol–water partition coefficient (Wildman–Crippen LogP) is 2.44. The van der Waals surface area contributed by atoms with E-state index >= 15 is 0 Å². The van der Waals surface area contributed by atoms with Gasteiger partial charge in [0, 0.05) is 50.2 Å². The van der Waals surface area contributed by atoms with Crippen molar-refractivity contribution >= 4 is 28.7 Å². The molecule has 0 spiro atoms. The Kier molecular flexibility index (Phi) is 5.11. The Hall–Kier alpha value is -3.33. The number of hydrogen-bond donors (Lipinski definition) is 2. The summed E-state index contributed by atoms with van der Waals surface area (Å²) >= 11 is 0. The Bertz CT molecular complexity index is 1120. The Morgan fingerprint density at radius 1 is 1.26 bits per heavy atom. The highest BCUT2D eigenvalue weighted by atomic mass is 16.5. The minimum atomic E-state index is -0.203. The molecule has 9 nitrogen and oxygen atoms in total. The van der Waals surface area contributed by atoms with Crippen LogP contribution in [0.25, 0.3) is 5.52 Å². The third kappa shape index (κ3) is 3.65. The van der Waals surface area contributed by atoms with Crippen molar-refractivity contribution in [1.29, 1.82) is 0 Å². The number of ether oxygens (including phenoxy) is 1. The maximum Gasteiger partial charge on any atom is 0.327 e. The zero-order valence-electron chi connectivity index (χ0n) is 17.9. The van der Waals surface area contributed by atoms with Crippen LogP contribution in [0.5, 0.6) is 5.75 Å². The average Bonchev–Trinajstić information content (AvgIpc) is 3.37. The second-order valence-corrected chi connectivity index (χ2v) is 7.84. The van der Waals surface area contributed by atoms with Gasteiger partial charge in [-0.15, -0.1) is 0 Å². The van der Waals surface area contributed by atoms with Crippen LogP contribution in [0.4, 0.5) is 22.0 Å². The lowest BCUT2D eigenvalue weighted by Crippen LogP contribution is -2.43. The number of anilines is 3. The van der Waals surface area contributed by atoms with Crippen LogP contribution in [0.3, 0.4) is 0 Å². The van der Waals surface area contributed by atoms with Crippen LogP contribution in [0.2, 0.25) is 0 Å². The number of aromatic nitrogens is 3. The normalized spacial score (nSPS) is 15.9. The summed E-state index contributed by atoms with van der Waals surface area (Å²) in [7, 11) is 0. The van der Waals surface area contributed by atoms with Crippen LogP contribution in [0.1, 0.15) is 18.2 Å². The fourth-order valence-electron chi connectivity index (χ4n) is 4.37. The minimum absolute atomic E-state index is 0.203. The first-order chi connectivity index (χ1) is 15.1. The van der Waals surface area contributed by atoms with E-state index in [-0.39, 0.29) is 6.03 Å². The van der Waals surface area contributed by atoms with E-state index in [1.807, 2.05) is 26.0 Å². The molecule has 5 heterocycles. The number of hydrogen-bond acceptors (Lipinski definition) is 6. The molecule has 9 heteroatoms. The number of nitrogens with zero attached hydrogens (tertiary/aromatic N) is 5. The highest BCUT2D eigenvalue weighted by Crippen LogP contribution is 2.35. The van der Waals surface area contributed by atoms with Crippen LogP contribution in [0, 0.1) is 6.92 Å². The molecule has 31 heavy (non-hydrogen) atoms. The molecule has 3 aromatic rings. The molecule has 0 bridgehead atoms. The van der Waals surface area contributed by atoms with Crippen molar-refractivity contribution in [2.24, 2.45) is 0 Å². The summed E-state index contributed by atoms with van der Waals surface area (Å²) in [5.41, 5.74) is 4.77. The molecule has 2 aliphatic rings. The molecule has 0 radical (unpaired) electrons. The SMILES string of the molecule is CCOc1cn2nc(C)cc2cc1NC(=O)N1CCc2c(N3CCNCC3)ccnc21. The first-order valence-electron chi connectivity index (χ1n) is 10.8. The molecule has 1 saturated heterocycles. The first-order valence-corrected chi connectivity index (χ1v) is 10.8. The highest BCUT2D eigenvalue weighted by Gasteiger charge is 2.30. The number of nitrogens with one attached hydrogen (secondary N) is 2. The predicted molar refractivity (Wildman–Crippen MR) is 120 cm³/mol. The molecule has 0 aliphatic carbocycles. The van der Waals surface area contributed by atoms with Crippen LogP contribution in [-0.4, -0.2) is 60.0 Å². The maximum atomic E-state index is 13.2. The van der Waals surface area contributed by atoms with E-state index in [9.17, 15) is 4.79 Å². The van der Waals surface area contributed by atoms with Gasteiger partial charge in [0.25, 0.3) is 0 Å². The van der Waals surface area contributed by atoms with Gasteiger partial charge in [0.1, 0.15) is 5.82 Å². The van der Waals surface area contributed by atoms with Crippen molar-refractivity contribution in [2.45, 2.75) is 20.3 Å². The Labute approximate surface area is 181 Å². The molecule has 162 valence electrons. The number of aryl methyl sites for hydroxylation is 1. The molecule has 5 rings (SSSR count). The van der Waals surface area contributed by atoms with Gasteiger partial charge in [0.2, 0.25) is 0 Å². The summed E-state index contributed by atoms with van der Waals surface area (Å²) in [4.78, 5) is 21.9. The van der Waals surface area contributed by atoms with Crippen molar-refractivity contribution in [3.05, 3.63) is 41.9 Å². The molecule has 3 aromatic heterocycles. The Morgan fingerprint density at radius 2 is 2.10 bits per heavy atom. The number of amides is 2. The summed E-state index contributed by atoms with van der Waals surface area (Å²) < 4.78 is 7.53. The van der Waals surface area contributed by atoms with Gasteiger partial charge >= 0.3 is 6.03 Å². The number of rotatable bonds is 4. The number of fused-ring (bicyclic) bond motifs is 2. The third-order valence-corrected chi connectivity index (χ3v) is 5.78. The van der Waals surface area contributed by atoms with E-state index < -0.39 is 0 Å². The Morgan fingerprint density at radius 3 is 2.90 bits per heavy atom. The van der Waals surface area contributed by atoms with Crippen LogP contribution < -0.4 is 25.2 Å². The van der Waals surface area contributed by atoms with Crippen LogP contribution >= 0.6 is 0 Å². The molecular formula is C22H27N7O2. The van der Waals surface area contributed by atoms with E-state index in [1.54, 1.807) is 21.8 Å². The molecule has 2 aliphatic heterocycles. The summed E-state index contributed by atoms with van der Waals surface area (Å²) in [5.74, 6) is 1.33. The highest BCUT2D eigenvalue weighted by molar-refractivity contribution is 6.04. The van der Waals surface area contributed by atoms with Crippen LogP contribution in [0.15, 0.2) is 30.6 Å². The minimum Gasteiger partial charge on any atom is -0.490 e. The number of carbonyl (C=O) groups is 1. The van der Waals surface area contributed by atoms with E-state index in [4.69, 9.17) is 4.74 Å². The lowest BCUT2D eigenvalue weighted by atomic mass is 10.1. The molecule has 0 atom stereocenters. The zero-order chi connectivity index (χ0) is 21.4. The third-order valence-electron chi connectivity index (χ3n) is 5.78. The fraction of sp³-hybridized carbons (Fsp3) is 0.409. The second kappa shape index (κ2) is 8.07. The van der Waals surface area contributed by atoms with E-state index in [2.05, 4.69) is 31.7 Å². The molecule has 0 aromatic carbocycles. The molecule has 0 saturated carbocycles. The number of piperazine rings is 1. The van der Waals surface area contributed by atoms with Crippen molar-refractivity contribution in [3.63, 3.8) is 0 Å². The van der Waals surface area contributed by atoms with Crippen molar-refractivity contribution in [2.75, 3.05) is 54.4 Å².